The number of hydrogen-bond donors (Lipinski definition) is 1. The molecule has 0 saturated carbocycles. The largest absolute Gasteiger partial charge is 0.463 e. The van der Waals surface area contributed by atoms with Gasteiger partial charge in [0.25, 0.3) is 5.91 Å². The fourth-order valence-electron chi connectivity index (χ4n) is 2.38. The van der Waals surface area contributed by atoms with Gasteiger partial charge in [-0.3, -0.25) is 4.79 Å². The number of rotatable bonds is 6. The van der Waals surface area contributed by atoms with Gasteiger partial charge in [0.1, 0.15) is 11.4 Å². The standard InChI is InChI=1S/C18H19ClN4O2/c1-22(2)9-8-20-18(24)16-12-15(17-7-4-10-25-17)21-23(16)14-6-3-5-13(19)11-14/h3-7,10-12H,8-9H2,1-2H3,(H,20,24). The SMILES string of the molecule is CN(C)CCNC(=O)c1cc(-c2ccco2)nn1-c1cccc(Cl)c1. The highest BCUT2D eigenvalue weighted by molar-refractivity contribution is 6.30. The first-order chi connectivity index (χ1) is 12.0. The van der Waals surface area contributed by atoms with Crippen molar-refractivity contribution in [3.63, 3.8) is 0 Å². The molecule has 0 aliphatic rings. The molecule has 1 aromatic carbocycles. The van der Waals surface area contributed by atoms with E-state index in [2.05, 4.69) is 10.4 Å². The molecule has 3 rings (SSSR count). The van der Waals surface area contributed by atoms with Gasteiger partial charge in [-0.2, -0.15) is 5.10 Å². The van der Waals surface area contributed by atoms with Crippen LogP contribution in [-0.2, 0) is 0 Å². The maximum absolute atomic E-state index is 12.6. The topological polar surface area (TPSA) is 63.3 Å². The predicted molar refractivity (Wildman–Crippen MR) is 97.2 cm³/mol. The Morgan fingerprint density at radius 2 is 2.12 bits per heavy atom. The van der Waals surface area contributed by atoms with Gasteiger partial charge in [0.2, 0.25) is 0 Å². The van der Waals surface area contributed by atoms with Crippen molar-refractivity contribution < 1.29 is 9.21 Å². The molecule has 6 nitrogen and oxygen atoms in total. The first-order valence-electron chi connectivity index (χ1n) is 7.87. The molecule has 0 spiro atoms. The number of halogens is 1. The third-order valence-corrected chi connectivity index (χ3v) is 3.85. The number of hydrogen-bond acceptors (Lipinski definition) is 4. The van der Waals surface area contributed by atoms with Gasteiger partial charge in [0.15, 0.2) is 5.76 Å². The molecule has 0 bridgehead atoms. The van der Waals surface area contributed by atoms with Crippen molar-refractivity contribution >= 4 is 17.5 Å². The lowest BCUT2D eigenvalue weighted by atomic mass is 10.2. The van der Waals surface area contributed by atoms with Crippen LogP contribution >= 0.6 is 11.6 Å². The number of likely N-dealkylation sites (N-methyl/N-ethyl adjacent to an activating group) is 1. The first-order valence-corrected chi connectivity index (χ1v) is 8.25. The number of aromatic nitrogens is 2. The van der Waals surface area contributed by atoms with Gasteiger partial charge >= 0.3 is 0 Å². The van der Waals surface area contributed by atoms with E-state index in [1.165, 1.54) is 0 Å². The van der Waals surface area contributed by atoms with Crippen LogP contribution in [0.25, 0.3) is 17.1 Å². The zero-order valence-corrected chi connectivity index (χ0v) is 14.8. The van der Waals surface area contributed by atoms with Crippen LogP contribution in [0.4, 0.5) is 0 Å². The zero-order chi connectivity index (χ0) is 17.8. The smallest absolute Gasteiger partial charge is 0.270 e. The Kier molecular flexibility index (Phi) is 5.21. The number of benzene rings is 1. The van der Waals surface area contributed by atoms with Crippen LogP contribution in [0.1, 0.15) is 10.5 Å². The van der Waals surface area contributed by atoms with E-state index < -0.39 is 0 Å². The first kappa shape index (κ1) is 17.3. The summed E-state index contributed by atoms with van der Waals surface area (Å²) in [5.41, 5.74) is 1.72. The monoisotopic (exact) mass is 358 g/mol. The Hall–Kier alpha value is -2.57. The van der Waals surface area contributed by atoms with Crippen molar-refractivity contribution in [1.29, 1.82) is 0 Å². The maximum Gasteiger partial charge on any atom is 0.270 e. The zero-order valence-electron chi connectivity index (χ0n) is 14.1. The fourth-order valence-corrected chi connectivity index (χ4v) is 2.56. The van der Waals surface area contributed by atoms with E-state index in [4.69, 9.17) is 16.0 Å². The molecule has 0 saturated heterocycles. The normalized spacial score (nSPS) is 11.0. The third-order valence-electron chi connectivity index (χ3n) is 3.61. The Labute approximate surface area is 151 Å². The van der Waals surface area contributed by atoms with Gasteiger partial charge in [-0.05, 0) is 44.4 Å². The summed E-state index contributed by atoms with van der Waals surface area (Å²) in [7, 11) is 3.91. The molecular formula is C18H19ClN4O2. The van der Waals surface area contributed by atoms with Crippen LogP contribution in [0, 0.1) is 0 Å². The van der Waals surface area contributed by atoms with E-state index in [1.54, 1.807) is 41.3 Å². The molecule has 0 aliphatic heterocycles. The molecule has 1 amide bonds. The molecule has 2 heterocycles. The van der Waals surface area contributed by atoms with Gasteiger partial charge in [0.05, 0.1) is 12.0 Å². The number of furan rings is 1. The van der Waals surface area contributed by atoms with E-state index in [9.17, 15) is 4.79 Å². The molecule has 1 N–H and O–H groups in total. The van der Waals surface area contributed by atoms with Crippen molar-refractivity contribution in [2.75, 3.05) is 27.2 Å². The van der Waals surface area contributed by atoms with Gasteiger partial charge in [-0.15, -0.1) is 0 Å². The second-order valence-corrected chi connectivity index (χ2v) is 6.28. The number of amides is 1. The number of nitrogens with zero attached hydrogens (tertiary/aromatic N) is 3. The summed E-state index contributed by atoms with van der Waals surface area (Å²) < 4.78 is 6.98. The molecule has 0 atom stereocenters. The van der Waals surface area contributed by atoms with Crippen LogP contribution in [-0.4, -0.2) is 47.8 Å². The summed E-state index contributed by atoms with van der Waals surface area (Å²) in [5, 5.41) is 8.01. The summed E-state index contributed by atoms with van der Waals surface area (Å²) in [5.74, 6) is 0.398. The summed E-state index contributed by atoms with van der Waals surface area (Å²) in [6.45, 7) is 1.30. The Bertz CT molecular complexity index is 856. The van der Waals surface area contributed by atoms with Crippen molar-refractivity contribution in [1.82, 2.24) is 20.0 Å². The van der Waals surface area contributed by atoms with Crippen LogP contribution < -0.4 is 5.32 Å². The lowest BCUT2D eigenvalue weighted by Gasteiger charge is -2.11. The Morgan fingerprint density at radius 1 is 1.28 bits per heavy atom. The van der Waals surface area contributed by atoms with E-state index in [-0.39, 0.29) is 5.91 Å². The molecule has 7 heteroatoms. The molecule has 130 valence electrons. The maximum atomic E-state index is 12.6. The highest BCUT2D eigenvalue weighted by Crippen LogP contribution is 2.23. The number of carbonyl (C=O) groups excluding carboxylic acids is 1. The Balaban J connectivity index is 1.96. The van der Waals surface area contributed by atoms with Gasteiger partial charge in [0, 0.05) is 24.2 Å². The van der Waals surface area contributed by atoms with Crippen molar-refractivity contribution in [2.45, 2.75) is 0 Å². The van der Waals surface area contributed by atoms with Crippen LogP contribution in [0.5, 0.6) is 0 Å². The van der Waals surface area contributed by atoms with E-state index in [0.29, 0.717) is 34.4 Å². The summed E-state index contributed by atoms with van der Waals surface area (Å²) >= 11 is 6.09. The average molecular weight is 359 g/mol. The highest BCUT2D eigenvalue weighted by Gasteiger charge is 2.18. The molecule has 3 aromatic rings. The summed E-state index contributed by atoms with van der Waals surface area (Å²) in [4.78, 5) is 14.6. The molecule has 0 aliphatic carbocycles. The van der Waals surface area contributed by atoms with Crippen molar-refractivity contribution in [2.24, 2.45) is 0 Å². The van der Waals surface area contributed by atoms with E-state index in [1.807, 2.05) is 31.1 Å². The minimum absolute atomic E-state index is 0.202. The Morgan fingerprint density at radius 3 is 2.80 bits per heavy atom. The van der Waals surface area contributed by atoms with Gasteiger partial charge < -0.3 is 14.6 Å². The van der Waals surface area contributed by atoms with Crippen LogP contribution in [0.2, 0.25) is 5.02 Å². The lowest BCUT2D eigenvalue weighted by molar-refractivity contribution is 0.0943. The minimum Gasteiger partial charge on any atom is -0.463 e. The lowest BCUT2D eigenvalue weighted by Crippen LogP contribution is -2.32. The predicted octanol–water partition coefficient (Wildman–Crippen LogP) is 3.08. The van der Waals surface area contributed by atoms with Crippen LogP contribution in [0.15, 0.2) is 53.1 Å². The molecule has 0 radical (unpaired) electrons. The van der Waals surface area contributed by atoms with Gasteiger partial charge in [-0.25, -0.2) is 4.68 Å². The second-order valence-electron chi connectivity index (χ2n) is 5.84. The fraction of sp³-hybridized carbons (Fsp3) is 0.222. The summed E-state index contributed by atoms with van der Waals surface area (Å²) in [6.07, 6.45) is 1.57. The minimum atomic E-state index is -0.202. The molecule has 0 fully saturated rings. The second kappa shape index (κ2) is 7.55. The molecule has 0 unspecified atom stereocenters. The van der Waals surface area contributed by atoms with Gasteiger partial charge in [-0.1, -0.05) is 17.7 Å². The van der Waals surface area contributed by atoms with Crippen molar-refractivity contribution in [3.8, 4) is 17.1 Å². The van der Waals surface area contributed by atoms with Crippen LogP contribution in [0.3, 0.4) is 0 Å². The quantitative estimate of drug-likeness (QED) is 0.735. The number of carbonyl (C=O) groups is 1. The third kappa shape index (κ3) is 4.10. The van der Waals surface area contributed by atoms with Crippen molar-refractivity contribution in [3.05, 3.63) is 59.4 Å². The summed E-state index contributed by atoms with van der Waals surface area (Å²) in [6, 6.07) is 12.5. The molecular weight excluding hydrogens is 340 g/mol. The highest BCUT2D eigenvalue weighted by atomic mass is 35.5. The molecule has 25 heavy (non-hydrogen) atoms. The number of nitrogens with one attached hydrogen (secondary N) is 1. The van der Waals surface area contributed by atoms with E-state index >= 15 is 0 Å². The average Bonchev–Trinajstić information content (AvgIpc) is 3.24. The molecule has 2 aromatic heterocycles. The van der Waals surface area contributed by atoms with E-state index in [0.717, 1.165) is 6.54 Å².